The van der Waals surface area contributed by atoms with Crippen molar-refractivity contribution in [1.29, 1.82) is 5.26 Å². The quantitative estimate of drug-likeness (QED) is 0.0383. The zero-order valence-electron chi connectivity index (χ0n) is 36.7. The molecule has 1 unspecified atom stereocenters. The van der Waals surface area contributed by atoms with Crippen molar-refractivity contribution in [2.45, 2.75) is 123 Å². The Hall–Kier alpha value is -5.33. The number of aromatic nitrogens is 3. The monoisotopic (exact) mass is 874 g/mol. The van der Waals surface area contributed by atoms with E-state index in [9.17, 15) is 19.6 Å². The van der Waals surface area contributed by atoms with E-state index in [-0.39, 0.29) is 35.7 Å². The van der Waals surface area contributed by atoms with Gasteiger partial charge in [0, 0.05) is 0 Å². The molecule has 0 saturated carbocycles. The number of fused-ring (bicyclic) bond motifs is 1. The molecule has 16 nitrogen and oxygen atoms in total. The molecule has 3 heterocycles. The number of hydrogen-bond donors (Lipinski definition) is 2. The molecule has 0 spiro atoms. The summed E-state index contributed by atoms with van der Waals surface area (Å²) in [5.41, 5.74) is 5.89. The van der Waals surface area contributed by atoms with Crippen LogP contribution in [-0.4, -0.2) is 70.1 Å². The predicted molar refractivity (Wildman–Crippen MR) is 230 cm³/mol. The lowest BCUT2D eigenvalue weighted by Gasteiger charge is -2.29. The zero-order valence-corrected chi connectivity index (χ0v) is 37.6. The van der Waals surface area contributed by atoms with Gasteiger partial charge in [0.05, 0.1) is 30.7 Å². The molecular weight excluding hydrogens is 816 g/mol. The highest BCUT2D eigenvalue weighted by molar-refractivity contribution is 7.52. The Labute approximate surface area is 363 Å². The first kappa shape index (κ1) is 47.7. The van der Waals surface area contributed by atoms with Gasteiger partial charge in [0.25, 0.3) is 0 Å². The minimum atomic E-state index is -4.65. The van der Waals surface area contributed by atoms with Crippen molar-refractivity contribution in [1.82, 2.24) is 19.7 Å². The fourth-order valence-corrected chi connectivity index (χ4v) is 8.28. The molecular formula is C45H59N6O10P. The van der Waals surface area contributed by atoms with Gasteiger partial charge >= 0.3 is 25.7 Å². The highest BCUT2D eigenvalue weighted by Gasteiger charge is 2.63. The van der Waals surface area contributed by atoms with Gasteiger partial charge in [0.2, 0.25) is 5.60 Å². The maximum absolute atomic E-state index is 15.3. The van der Waals surface area contributed by atoms with Crippen LogP contribution in [0.3, 0.4) is 0 Å². The van der Waals surface area contributed by atoms with Crippen molar-refractivity contribution in [3.63, 3.8) is 0 Å². The number of carbonyl (C=O) groups excluding carboxylic acids is 3. The molecule has 17 heteroatoms. The number of carbonyl (C=O) groups is 3. The topological polar surface area (TPSA) is 216 Å². The van der Waals surface area contributed by atoms with Gasteiger partial charge in [-0.2, -0.15) is 15.4 Å². The lowest BCUT2D eigenvalue weighted by Crippen LogP contribution is -2.47. The summed E-state index contributed by atoms with van der Waals surface area (Å²) in [6, 6.07) is 20.1. The fourth-order valence-electron chi connectivity index (χ4n) is 6.78. The van der Waals surface area contributed by atoms with Crippen molar-refractivity contribution in [2.75, 3.05) is 18.9 Å². The van der Waals surface area contributed by atoms with Crippen LogP contribution in [0, 0.1) is 23.2 Å². The smallest absolute Gasteiger partial charge is 0.459 e. The molecule has 0 amide bonds. The summed E-state index contributed by atoms with van der Waals surface area (Å²) in [4.78, 5) is 44.7. The van der Waals surface area contributed by atoms with Crippen molar-refractivity contribution in [2.24, 2.45) is 11.8 Å². The number of nitrogens with two attached hydrogens (primary N) is 1. The van der Waals surface area contributed by atoms with Gasteiger partial charge in [-0.3, -0.25) is 18.9 Å². The molecule has 3 N–H and O–H groups in total. The third kappa shape index (κ3) is 11.6. The number of nitrogens with zero attached hydrogens (tertiary/aromatic N) is 4. The minimum Gasteiger partial charge on any atom is -0.465 e. The normalized spacial score (nSPS) is 20.4. The first-order chi connectivity index (χ1) is 29.4. The molecule has 4 aromatic rings. The second kappa shape index (κ2) is 20.7. The van der Waals surface area contributed by atoms with E-state index in [1.807, 2.05) is 42.5 Å². The number of anilines is 1. The molecule has 6 atom stereocenters. The van der Waals surface area contributed by atoms with E-state index in [1.54, 1.807) is 45.9 Å². The lowest BCUT2D eigenvalue weighted by molar-refractivity contribution is -0.173. The van der Waals surface area contributed by atoms with E-state index in [2.05, 4.69) is 48.9 Å². The number of rotatable bonds is 20. The number of nitriles is 1. The third-order valence-electron chi connectivity index (χ3n) is 10.3. The van der Waals surface area contributed by atoms with Crippen LogP contribution in [0.25, 0.3) is 5.52 Å². The SMILES string of the molecule is CCCCCCOC(=O)[C@H](Cc1ccccc1)NP(=O)(OC[C@H]1O[C@@](C#N)(c2ccc3c(N)ncnn23)[C@H](OC(=O)C(C)C)[C@@H]1OC(=O)C(C)C)Oc1ccc(C(C)(C)C)cc1. The molecule has 1 aliphatic heterocycles. The minimum absolute atomic E-state index is 0.0555. The summed E-state index contributed by atoms with van der Waals surface area (Å²) in [5.74, 6) is -3.16. The first-order valence-corrected chi connectivity index (χ1v) is 22.6. The summed E-state index contributed by atoms with van der Waals surface area (Å²) in [7, 11) is -4.65. The van der Waals surface area contributed by atoms with Gasteiger partial charge in [0.1, 0.15) is 35.8 Å². The lowest BCUT2D eigenvalue weighted by atomic mass is 9.87. The molecule has 1 fully saturated rings. The largest absolute Gasteiger partial charge is 0.465 e. The van der Waals surface area contributed by atoms with Crippen molar-refractivity contribution in [3.05, 3.63) is 89.9 Å². The summed E-state index contributed by atoms with van der Waals surface area (Å²) >= 11 is 0. The van der Waals surface area contributed by atoms with E-state index in [1.165, 1.54) is 16.9 Å². The molecule has 1 aliphatic rings. The maximum atomic E-state index is 15.3. The average molecular weight is 875 g/mol. The molecule has 2 aromatic heterocycles. The molecule has 0 aliphatic carbocycles. The maximum Gasteiger partial charge on any atom is 0.459 e. The predicted octanol–water partition coefficient (Wildman–Crippen LogP) is 7.39. The molecule has 62 heavy (non-hydrogen) atoms. The van der Waals surface area contributed by atoms with Crippen molar-refractivity contribution < 1.29 is 46.9 Å². The number of unbranched alkanes of at least 4 members (excludes halogenated alkanes) is 3. The highest BCUT2D eigenvalue weighted by Crippen LogP contribution is 2.49. The van der Waals surface area contributed by atoms with Gasteiger partial charge < -0.3 is 29.2 Å². The van der Waals surface area contributed by atoms with Crippen LogP contribution >= 0.6 is 7.75 Å². The fraction of sp³-hybridized carbons (Fsp3) is 0.511. The zero-order chi connectivity index (χ0) is 45.2. The highest BCUT2D eigenvalue weighted by atomic mass is 31.2. The second-order valence-electron chi connectivity index (χ2n) is 17.0. The van der Waals surface area contributed by atoms with Gasteiger partial charge in [-0.15, -0.1) is 0 Å². The third-order valence-corrected chi connectivity index (χ3v) is 11.9. The number of nitrogens with one attached hydrogen (secondary N) is 1. The Kier molecular flexibility index (Phi) is 15.9. The number of ether oxygens (including phenoxy) is 4. The Morgan fingerprint density at radius 1 is 0.952 bits per heavy atom. The summed E-state index contributed by atoms with van der Waals surface area (Å²) in [5, 5.41) is 18.2. The van der Waals surface area contributed by atoms with Crippen LogP contribution in [-0.2, 0) is 59.9 Å². The summed E-state index contributed by atoms with van der Waals surface area (Å²) < 4.78 is 53.3. The van der Waals surface area contributed by atoms with E-state index in [0.29, 0.717) is 11.9 Å². The first-order valence-electron chi connectivity index (χ1n) is 21.0. The molecule has 334 valence electrons. The van der Waals surface area contributed by atoms with Gasteiger partial charge in [-0.05, 0) is 53.6 Å². The van der Waals surface area contributed by atoms with Crippen LogP contribution in [0.5, 0.6) is 5.75 Å². The molecule has 0 radical (unpaired) electrons. The summed E-state index contributed by atoms with van der Waals surface area (Å²) in [6.45, 7) is 14.2. The van der Waals surface area contributed by atoms with Crippen LogP contribution in [0.1, 0.15) is 97.9 Å². The standard InChI is InChI=1S/C45H59N6O10P/c1-9-10-11-15-24-56-43(54)34(25-31-16-13-12-14-17-31)50-62(55,61-33-20-18-32(19-21-33)44(6,7)8)57-26-36-38(58-41(52)29(2)3)39(59-42(53)30(4)5)45(27-46,60-36)37-23-22-35-40(47)48-28-49-51(35)37/h12-14,16-23,28-30,34,36,38-39H,9-11,15,24-26H2,1-8H3,(H,50,55)(H2,47,48,49)/t34-,36+,38+,39+,45-,62?/m0/s1. The van der Waals surface area contributed by atoms with Gasteiger partial charge in [0.15, 0.2) is 18.0 Å². The summed E-state index contributed by atoms with van der Waals surface area (Å²) in [6.07, 6.45) is 0.236. The van der Waals surface area contributed by atoms with Crippen LogP contribution in [0.4, 0.5) is 5.82 Å². The van der Waals surface area contributed by atoms with Crippen LogP contribution in [0.2, 0.25) is 0 Å². The van der Waals surface area contributed by atoms with Crippen molar-refractivity contribution >= 4 is 37.0 Å². The Morgan fingerprint density at radius 3 is 2.26 bits per heavy atom. The average Bonchev–Trinajstić information content (AvgIpc) is 3.80. The number of nitrogen functional groups attached to an aromatic ring is 1. The van der Waals surface area contributed by atoms with Gasteiger partial charge in [-0.1, -0.05) is 117 Å². The van der Waals surface area contributed by atoms with Gasteiger partial charge in [-0.25, -0.2) is 14.1 Å². The molecule has 2 aromatic carbocycles. The Bertz CT molecular complexity index is 2240. The number of benzene rings is 2. The van der Waals surface area contributed by atoms with Crippen molar-refractivity contribution in [3.8, 4) is 11.8 Å². The van der Waals surface area contributed by atoms with E-state index in [4.69, 9.17) is 33.7 Å². The van der Waals surface area contributed by atoms with Crippen LogP contribution in [0.15, 0.2) is 73.1 Å². The Balaban J connectivity index is 1.58. The van der Waals surface area contributed by atoms with E-state index in [0.717, 1.165) is 30.4 Å². The number of hydrogen-bond acceptors (Lipinski definition) is 14. The molecule has 1 saturated heterocycles. The van der Waals surface area contributed by atoms with E-state index >= 15 is 4.57 Å². The molecule has 5 rings (SSSR count). The van der Waals surface area contributed by atoms with Crippen LogP contribution < -0.4 is 15.3 Å². The Morgan fingerprint density at radius 2 is 1.63 bits per heavy atom. The second-order valence-corrected chi connectivity index (χ2v) is 18.7. The number of esters is 3. The van der Waals surface area contributed by atoms with E-state index < -0.39 is 74.1 Å². The molecule has 0 bridgehead atoms.